The van der Waals surface area contributed by atoms with Crippen molar-refractivity contribution >= 4 is 18.0 Å². The number of ether oxygens (including phenoxy) is 2. The molecule has 0 aliphatic carbocycles. The fourth-order valence-corrected chi connectivity index (χ4v) is 2.35. The smallest absolute Gasteiger partial charge is 0.419 e. The van der Waals surface area contributed by atoms with Crippen molar-refractivity contribution in [3.8, 4) is 0 Å². The third-order valence-electron chi connectivity index (χ3n) is 3.52. The number of amides is 1. The zero-order valence-corrected chi connectivity index (χ0v) is 11.9. The molecule has 0 N–H and O–H groups in total. The average molecular weight is 291 g/mol. The van der Waals surface area contributed by atoms with Gasteiger partial charge in [-0.1, -0.05) is 30.3 Å². The summed E-state index contributed by atoms with van der Waals surface area (Å²) >= 11 is 0. The third-order valence-corrected chi connectivity index (χ3v) is 3.52. The van der Waals surface area contributed by atoms with Crippen LogP contribution >= 0.6 is 0 Å². The van der Waals surface area contributed by atoms with Gasteiger partial charge < -0.3 is 9.47 Å². The van der Waals surface area contributed by atoms with Crippen LogP contribution in [0.2, 0.25) is 0 Å². The molecule has 0 radical (unpaired) electrons. The lowest BCUT2D eigenvalue weighted by atomic mass is 10.0. The van der Waals surface area contributed by atoms with Gasteiger partial charge in [-0.05, 0) is 25.3 Å². The van der Waals surface area contributed by atoms with E-state index in [0.717, 1.165) is 10.5 Å². The van der Waals surface area contributed by atoms with Crippen LogP contribution < -0.4 is 0 Å². The number of benzene rings is 1. The van der Waals surface area contributed by atoms with E-state index in [1.807, 2.05) is 30.3 Å². The van der Waals surface area contributed by atoms with Crippen LogP contribution in [0, 0.1) is 0 Å². The molecule has 6 nitrogen and oxygen atoms in total. The predicted molar refractivity (Wildman–Crippen MR) is 73.4 cm³/mol. The molecule has 1 aromatic rings. The van der Waals surface area contributed by atoms with Gasteiger partial charge in [0.15, 0.2) is 0 Å². The van der Waals surface area contributed by atoms with Crippen LogP contribution in [0.25, 0.3) is 0 Å². The SMILES string of the molecule is COC(=O)[C@H](CCc1ccccc1)N1C(=O)OC(=O)[C@@H]1C. The molecule has 1 heterocycles. The van der Waals surface area contributed by atoms with Gasteiger partial charge in [0.1, 0.15) is 12.1 Å². The minimum atomic E-state index is -0.829. The normalized spacial score (nSPS) is 19.3. The maximum Gasteiger partial charge on any atom is 0.419 e. The molecule has 2 rings (SSSR count). The summed E-state index contributed by atoms with van der Waals surface area (Å²) in [5.74, 6) is -1.20. The number of cyclic esters (lactones) is 2. The van der Waals surface area contributed by atoms with Crippen LogP contribution in [-0.4, -0.2) is 42.1 Å². The number of rotatable bonds is 5. The number of nitrogens with zero attached hydrogens (tertiary/aromatic N) is 1. The number of methoxy groups -OCH3 is 1. The number of hydrogen-bond donors (Lipinski definition) is 0. The van der Waals surface area contributed by atoms with Gasteiger partial charge in [0.2, 0.25) is 0 Å². The van der Waals surface area contributed by atoms with E-state index in [1.54, 1.807) is 0 Å². The predicted octanol–water partition coefficient (Wildman–Crippen LogP) is 1.53. The molecular weight excluding hydrogens is 274 g/mol. The molecule has 1 aromatic carbocycles. The van der Waals surface area contributed by atoms with E-state index in [0.29, 0.717) is 12.8 Å². The van der Waals surface area contributed by atoms with Gasteiger partial charge in [0, 0.05) is 0 Å². The Morgan fingerprint density at radius 2 is 2.00 bits per heavy atom. The molecule has 6 heteroatoms. The van der Waals surface area contributed by atoms with Gasteiger partial charge in [-0.25, -0.2) is 14.4 Å². The lowest BCUT2D eigenvalue weighted by molar-refractivity contribution is -0.146. The van der Waals surface area contributed by atoms with E-state index in [2.05, 4.69) is 4.74 Å². The lowest BCUT2D eigenvalue weighted by Crippen LogP contribution is -2.47. The van der Waals surface area contributed by atoms with Crippen molar-refractivity contribution in [2.75, 3.05) is 7.11 Å². The molecule has 0 spiro atoms. The molecule has 1 saturated heterocycles. The molecule has 0 aromatic heterocycles. The van der Waals surface area contributed by atoms with Crippen molar-refractivity contribution in [1.29, 1.82) is 0 Å². The Morgan fingerprint density at radius 1 is 1.33 bits per heavy atom. The molecule has 0 saturated carbocycles. The number of carbonyl (C=O) groups excluding carboxylic acids is 3. The first-order valence-corrected chi connectivity index (χ1v) is 6.70. The van der Waals surface area contributed by atoms with E-state index in [9.17, 15) is 14.4 Å². The molecule has 0 bridgehead atoms. The summed E-state index contributed by atoms with van der Waals surface area (Å²) in [6.45, 7) is 1.53. The molecular formula is C15H17NO5. The van der Waals surface area contributed by atoms with Gasteiger partial charge >= 0.3 is 18.0 Å². The van der Waals surface area contributed by atoms with E-state index in [1.165, 1.54) is 14.0 Å². The van der Waals surface area contributed by atoms with E-state index >= 15 is 0 Å². The van der Waals surface area contributed by atoms with Crippen molar-refractivity contribution in [3.05, 3.63) is 35.9 Å². The molecule has 2 atom stereocenters. The zero-order valence-electron chi connectivity index (χ0n) is 11.9. The second kappa shape index (κ2) is 6.39. The Hall–Kier alpha value is -2.37. The minimum Gasteiger partial charge on any atom is -0.467 e. The Labute approximate surface area is 122 Å². The molecule has 0 unspecified atom stereocenters. The Morgan fingerprint density at radius 3 is 2.52 bits per heavy atom. The minimum absolute atomic E-state index is 0.364. The fraction of sp³-hybridized carbons (Fsp3) is 0.400. The second-order valence-corrected chi connectivity index (χ2v) is 4.83. The molecule has 21 heavy (non-hydrogen) atoms. The van der Waals surface area contributed by atoms with Crippen molar-refractivity contribution in [1.82, 2.24) is 4.90 Å². The number of esters is 2. The molecule has 1 aliphatic heterocycles. The van der Waals surface area contributed by atoms with Gasteiger partial charge in [0.05, 0.1) is 7.11 Å². The van der Waals surface area contributed by atoms with Crippen LogP contribution in [0.5, 0.6) is 0 Å². The first kappa shape index (κ1) is 15.0. The monoisotopic (exact) mass is 291 g/mol. The number of aryl methyl sites for hydroxylation is 1. The lowest BCUT2D eigenvalue weighted by Gasteiger charge is -2.25. The Bertz CT molecular complexity index is 542. The average Bonchev–Trinajstić information content (AvgIpc) is 2.74. The summed E-state index contributed by atoms with van der Waals surface area (Å²) in [4.78, 5) is 36.3. The first-order chi connectivity index (χ1) is 10.0. The van der Waals surface area contributed by atoms with Gasteiger partial charge in [0.25, 0.3) is 0 Å². The molecule has 1 fully saturated rings. The van der Waals surface area contributed by atoms with Gasteiger partial charge in [-0.2, -0.15) is 0 Å². The largest absolute Gasteiger partial charge is 0.467 e. The first-order valence-electron chi connectivity index (χ1n) is 6.70. The zero-order chi connectivity index (χ0) is 15.4. The summed E-state index contributed by atoms with van der Waals surface area (Å²) in [5, 5.41) is 0. The van der Waals surface area contributed by atoms with Gasteiger partial charge in [-0.3, -0.25) is 4.90 Å². The van der Waals surface area contributed by atoms with E-state index in [-0.39, 0.29) is 0 Å². The summed E-state index contributed by atoms with van der Waals surface area (Å²) in [6, 6.07) is 7.97. The van der Waals surface area contributed by atoms with E-state index < -0.39 is 30.1 Å². The third kappa shape index (κ3) is 3.21. The highest BCUT2D eigenvalue weighted by atomic mass is 16.6. The highest BCUT2D eigenvalue weighted by Crippen LogP contribution is 2.21. The van der Waals surface area contributed by atoms with E-state index in [4.69, 9.17) is 4.74 Å². The van der Waals surface area contributed by atoms with Crippen molar-refractivity contribution in [2.24, 2.45) is 0 Å². The maximum absolute atomic E-state index is 11.9. The van der Waals surface area contributed by atoms with Crippen LogP contribution in [0.4, 0.5) is 4.79 Å². The Balaban J connectivity index is 2.13. The number of carbonyl (C=O) groups is 3. The van der Waals surface area contributed by atoms with Crippen LogP contribution in [0.3, 0.4) is 0 Å². The van der Waals surface area contributed by atoms with Crippen molar-refractivity contribution < 1.29 is 23.9 Å². The summed E-state index contributed by atoms with van der Waals surface area (Å²) < 4.78 is 9.30. The van der Waals surface area contributed by atoms with Crippen LogP contribution in [-0.2, 0) is 25.5 Å². The number of hydrogen-bond acceptors (Lipinski definition) is 5. The summed E-state index contributed by atoms with van der Waals surface area (Å²) in [6.07, 6.45) is 0.158. The van der Waals surface area contributed by atoms with Gasteiger partial charge in [-0.15, -0.1) is 0 Å². The molecule has 1 amide bonds. The highest BCUT2D eigenvalue weighted by Gasteiger charge is 2.44. The molecule has 112 valence electrons. The summed E-state index contributed by atoms with van der Waals surface area (Å²) in [5.41, 5.74) is 1.04. The van der Waals surface area contributed by atoms with Crippen molar-refractivity contribution in [3.63, 3.8) is 0 Å². The van der Waals surface area contributed by atoms with Crippen LogP contribution in [0.1, 0.15) is 18.9 Å². The quantitative estimate of drug-likeness (QED) is 0.607. The highest BCUT2D eigenvalue weighted by molar-refractivity contribution is 5.97. The molecule has 1 aliphatic rings. The van der Waals surface area contributed by atoms with Crippen LogP contribution in [0.15, 0.2) is 30.3 Å². The maximum atomic E-state index is 11.9. The fourth-order valence-electron chi connectivity index (χ4n) is 2.35. The topological polar surface area (TPSA) is 72.9 Å². The summed E-state index contributed by atoms with van der Waals surface area (Å²) in [7, 11) is 1.26. The second-order valence-electron chi connectivity index (χ2n) is 4.83. The standard InChI is InChI=1S/C15H17NO5/c1-10-13(17)21-15(19)16(10)12(14(18)20-2)9-8-11-6-4-3-5-7-11/h3-7,10,12H,8-9H2,1-2H3/t10-,12-/m0/s1. The van der Waals surface area contributed by atoms with Crippen molar-refractivity contribution in [2.45, 2.75) is 31.8 Å². The Kier molecular flexibility index (Phi) is 4.57.